The Morgan fingerprint density at radius 2 is 2.06 bits per heavy atom. The molecule has 33 heavy (non-hydrogen) atoms. The number of nitrogens with zero attached hydrogens (tertiary/aromatic N) is 6. The molecular weight excluding hydrogens is 440 g/mol. The van der Waals surface area contributed by atoms with Crippen LogP contribution in [0.2, 0.25) is 5.02 Å². The Morgan fingerprint density at radius 1 is 1.24 bits per heavy atom. The Labute approximate surface area is 193 Å². The van der Waals surface area contributed by atoms with Gasteiger partial charge in [0.2, 0.25) is 0 Å². The molecule has 5 rings (SSSR count). The molecule has 0 amide bonds. The first kappa shape index (κ1) is 20.8. The highest BCUT2D eigenvalue weighted by Crippen LogP contribution is 2.43. The third-order valence-electron chi connectivity index (χ3n) is 5.60. The molecule has 1 aliphatic rings. The van der Waals surface area contributed by atoms with Crippen molar-refractivity contribution in [3.05, 3.63) is 75.3 Å². The minimum Gasteiger partial charge on any atom is -0.382 e. The SMILES string of the molecule is Cc1nc(N)c(C#N)c(N[C@H](c2nc3cccc(Cl)c3c(=O)n2-c2cccnc2)C2CC2)n1. The zero-order chi connectivity index (χ0) is 23.1. The number of anilines is 2. The van der Waals surface area contributed by atoms with Gasteiger partial charge in [-0.1, -0.05) is 17.7 Å². The number of aromatic nitrogens is 5. The quantitative estimate of drug-likeness (QED) is 0.463. The van der Waals surface area contributed by atoms with E-state index in [0.29, 0.717) is 39.1 Å². The summed E-state index contributed by atoms with van der Waals surface area (Å²) in [5.41, 5.74) is 6.90. The van der Waals surface area contributed by atoms with Crippen molar-refractivity contribution in [2.24, 2.45) is 5.92 Å². The number of pyridine rings is 1. The second-order valence-corrected chi connectivity index (χ2v) is 8.31. The number of rotatable bonds is 5. The lowest BCUT2D eigenvalue weighted by atomic mass is 10.1. The first-order chi connectivity index (χ1) is 16.0. The van der Waals surface area contributed by atoms with Crippen LogP contribution < -0.4 is 16.6 Å². The molecule has 0 spiro atoms. The summed E-state index contributed by atoms with van der Waals surface area (Å²) in [5, 5.41) is 13.6. The predicted octanol–water partition coefficient (Wildman–Crippen LogP) is 3.55. The van der Waals surface area contributed by atoms with E-state index in [1.54, 1.807) is 49.6 Å². The van der Waals surface area contributed by atoms with Crippen molar-refractivity contribution in [3.63, 3.8) is 0 Å². The van der Waals surface area contributed by atoms with Crippen LogP contribution in [0.3, 0.4) is 0 Å². The summed E-state index contributed by atoms with van der Waals surface area (Å²) in [5.74, 6) is 1.54. The maximum Gasteiger partial charge on any atom is 0.267 e. The van der Waals surface area contributed by atoms with Crippen LogP contribution in [0, 0.1) is 24.2 Å². The van der Waals surface area contributed by atoms with E-state index in [2.05, 4.69) is 26.3 Å². The van der Waals surface area contributed by atoms with Gasteiger partial charge in [0.25, 0.3) is 5.56 Å². The van der Waals surface area contributed by atoms with E-state index >= 15 is 0 Å². The van der Waals surface area contributed by atoms with Gasteiger partial charge in [-0.2, -0.15) is 5.26 Å². The van der Waals surface area contributed by atoms with E-state index < -0.39 is 6.04 Å². The fourth-order valence-electron chi connectivity index (χ4n) is 3.93. The predicted molar refractivity (Wildman–Crippen MR) is 125 cm³/mol. The van der Waals surface area contributed by atoms with Crippen molar-refractivity contribution in [1.82, 2.24) is 24.5 Å². The van der Waals surface area contributed by atoms with E-state index in [9.17, 15) is 10.1 Å². The molecule has 1 aromatic carbocycles. The highest BCUT2D eigenvalue weighted by molar-refractivity contribution is 6.35. The molecule has 3 aromatic heterocycles. The molecule has 1 fully saturated rings. The minimum absolute atomic E-state index is 0.102. The standard InChI is InChI=1S/C23H19ClN8O/c1-12-28-20(26)15(10-25)21(29-12)31-19(13-7-8-13)22-30-17-6-2-5-16(24)18(17)23(33)32(22)14-4-3-9-27-11-14/h2-6,9,11,13,19H,7-8H2,1H3,(H3,26,28,29,31)/t19-/m0/s1. The van der Waals surface area contributed by atoms with Crippen molar-refractivity contribution in [2.75, 3.05) is 11.1 Å². The van der Waals surface area contributed by atoms with Gasteiger partial charge >= 0.3 is 0 Å². The largest absolute Gasteiger partial charge is 0.382 e. The molecule has 1 aliphatic carbocycles. The summed E-state index contributed by atoms with van der Waals surface area (Å²) < 4.78 is 1.53. The van der Waals surface area contributed by atoms with Crippen molar-refractivity contribution >= 4 is 34.1 Å². The number of nitrogens with two attached hydrogens (primary N) is 1. The molecule has 0 aliphatic heterocycles. The van der Waals surface area contributed by atoms with E-state index in [0.717, 1.165) is 12.8 Å². The van der Waals surface area contributed by atoms with Crippen LogP contribution in [0.4, 0.5) is 11.6 Å². The first-order valence-corrected chi connectivity index (χ1v) is 10.8. The first-order valence-electron chi connectivity index (χ1n) is 10.4. The fraction of sp³-hybridized carbons (Fsp3) is 0.217. The van der Waals surface area contributed by atoms with Gasteiger partial charge in [0.1, 0.15) is 29.1 Å². The summed E-state index contributed by atoms with van der Waals surface area (Å²) in [6, 6.07) is 10.4. The maximum atomic E-state index is 13.7. The number of nitrogens with one attached hydrogen (secondary N) is 1. The lowest BCUT2D eigenvalue weighted by Crippen LogP contribution is -2.30. The third-order valence-corrected chi connectivity index (χ3v) is 5.92. The average Bonchev–Trinajstić information content (AvgIpc) is 3.63. The second kappa shape index (κ2) is 8.15. The Morgan fingerprint density at radius 3 is 2.76 bits per heavy atom. The van der Waals surface area contributed by atoms with E-state index in [1.165, 1.54) is 4.57 Å². The monoisotopic (exact) mass is 458 g/mol. The molecule has 0 bridgehead atoms. The summed E-state index contributed by atoms with van der Waals surface area (Å²) in [6.07, 6.45) is 5.12. The van der Waals surface area contributed by atoms with Crippen LogP contribution in [-0.4, -0.2) is 24.5 Å². The third kappa shape index (κ3) is 3.75. The Balaban J connectivity index is 1.76. The smallest absolute Gasteiger partial charge is 0.267 e. The van der Waals surface area contributed by atoms with Gasteiger partial charge in [-0.25, -0.2) is 15.0 Å². The van der Waals surface area contributed by atoms with E-state index in [1.807, 2.05) is 0 Å². The minimum atomic E-state index is -0.401. The number of hydrogen-bond acceptors (Lipinski definition) is 8. The molecule has 0 saturated heterocycles. The number of aryl methyl sites for hydroxylation is 1. The molecule has 0 radical (unpaired) electrons. The van der Waals surface area contributed by atoms with Crippen molar-refractivity contribution in [1.29, 1.82) is 5.26 Å². The van der Waals surface area contributed by atoms with Crippen LogP contribution in [-0.2, 0) is 0 Å². The van der Waals surface area contributed by atoms with Crippen molar-refractivity contribution < 1.29 is 0 Å². The molecule has 1 atom stereocenters. The van der Waals surface area contributed by atoms with Gasteiger partial charge in [0.05, 0.1) is 33.9 Å². The number of nitrogen functional groups attached to an aromatic ring is 1. The number of nitriles is 1. The average molecular weight is 459 g/mol. The maximum absolute atomic E-state index is 13.7. The summed E-state index contributed by atoms with van der Waals surface area (Å²) in [6.45, 7) is 1.71. The zero-order valence-corrected chi connectivity index (χ0v) is 18.4. The fourth-order valence-corrected chi connectivity index (χ4v) is 4.18. The topological polar surface area (TPSA) is 135 Å². The zero-order valence-electron chi connectivity index (χ0n) is 17.7. The molecule has 3 N–H and O–H groups in total. The Bertz CT molecular complexity index is 1470. The lowest BCUT2D eigenvalue weighted by Gasteiger charge is -2.23. The van der Waals surface area contributed by atoms with Gasteiger partial charge in [0, 0.05) is 6.20 Å². The van der Waals surface area contributed by atoms with Crippen molar-refractivity contribution in [2.45, 2.75) is 25.8 Å². The highest BCUT2D eigenvalue weighted by atomic mass is 35.5. The van der Waals surface area contributed by atoms with E-state index in [4.69, 9.17) is 22.3 Å². The molecule has 3 heterocycles. The normalized spacial score (nSPS) is 14.1. The van der Waals surface area contributed by atoms with Crippen LogP contribution in [0.1, 0.15) is 36.1 Å². The Kier molecular flexibility index (Phi) is 5.15. The van der Waals surface area contributed by atoms with Crippen molar-refractivity contribution in [3.8, 4) is 11.8 Å². The second-order valence-electron chi connectivity index (χ2n) is 7.91. The molecule has 0 unspecified atom stereocenters. The molecule has 4 aromatic rings. The van der Waals surface area contributed by atoms with Gasteiger partial charge in [-0.05, 0) is 49.9 Å². The van der Waals surface area contributed by atoms with Gasteiger partial charge < -0.3 is 11.1 Å². The van der Waals surface area contributed by atoms with Crippen LogP contribution in [0.5, 0.6) is 0 Å². The number of halogens is 1. The number of hydrogen-bond donors (Lipinski definition) is 2. The van der Waals surface area contributed by atoms with Gasteiger partial charge in [-0.15, -0.1) is 0 Å². The highest BCUT2D eigenvalue weighted by Gasteiger charge is 2.37. The summed E-state index contributed by atoms with van der Waals surface area (Å²) >= 11 is 6.38. The molecule has 9 nitrogen and oxygen atoms in total. The van der Waals surface area contributed by atoms with E-state index in [-0.39, 0.29) is 22.9 Å². The van der Waals surface area contributed by atoms with Crippen LogP contribution in [0.15, 0.2) is 47.5 Å². The summed E-state index contributed by atoms with van der Waals surface area (Å²) in [7, 11) is 0. The van der Waals surface area contributed by atoms with Gasteiger partial charge in [0.15, 0.2) is 5.82 Å². The molecule has 10 heteroatoms. The molecule has 164 valence electrons. The molecule has 1 saturated carbocycles. The Hall–Kier alpha value is -4.03. The van der Waals surface area contributed by atoms with Crippen LogP contribution >= 0.6 is 11.6 Å². The number of fused-ring (bicyclic) bond motifs is 1. The number of benzene rings is 1. The lowest BCUT2D eigenvalue weighted by molar-refractivity contribution is 0.608. The van der Waals surface area contributed by atoms with Gasteiger partial charge in [-0.3, -0.25) is 14.3 Å². The summed E-state index contributed by atoms with van der Waals surface area (Å²) in [4.78, 5) is 31.2. The molecular formula is C23H19ClN8O. The van der Waals surface area contributed by atoms with Crippen LogP contribution in [0.25, 0.3) is 16.6 Å².